The number of rotatable bonds is 2. The van der Waals surface area contributed by atoms with Gasteiger partial charge >= 0.3 is 11.9 Å². The smallest absolute Gasteiger partial charge is 0.242 e. The molecule has 0 amide bonds. The van der Waals surface area contributed by atoms with Crippen molar-refractivity contribution < 1.29 is 28.1 Å². The van der Waals surface area contributed by atoms with Crippen molar-refractivity contribution in [2.24, 2.45) is 0 Å². The molecule has 0 bridgehead atoms. The van der Waals surface area contributed by atoms with Crippen LogP contribution in [0.5, 0.6) is 0 Å². The molecule has 8 heteroatoms. The number of hydrogen-bond donors (Lipinski definition) is 0. The van der Waals surface area contributed by atoms with Crippen LogP contribution in [0.15, 0.2) is 0 Å². The Morgan fingerprint density at radius 2 is 1.21 bits per heavy atom. The Morgan fingerprint density at radius 3 is 1.36 bits per heavy atom. The largest absolute Gasteiger partial charge is 0.407 e. The topological polar surface area (TPSA) is 52.6 Å². The lowest BCUT2D eigenvalue weighted by Crippen LogP contribution is -2.31. The molecular formula is C6H6Cl2F2O4. The minimum atomic E-state index is -2.86. The van der Waals surface area contributed by atoms with Crippen molar-refractivity contribution in [2.75, 3.05) is 0 Å². The van der Waals surface area contributed by atoms with Gasteiger partial charge in [0, 0.05) is 0 Å². The second-order valence-corrected chi connectivity index (χ2v) is 3.94. The van der Waals surface area contributed by atoms with Crippen molar-refractivity contribution in [1.82, 2.24) is 0 Å². The van der Waals surface area contributed by atoms with E-state index in [1.54, 1.807) is 0 Å². The third-order valence-corrected chi connectivity index (χ3v) is 1.22. The fourth-order valence-corrected chi connectivity index (χ4v) is 0.285. The van der Waals surface area contributed by atoms with Gasteiger partial charge in [-0.2, -0.15) is 0 Å². The van der Waals surface area contributed by atoms with Gasteiger partial charge in [-0.15, -0.1) is 0 Å². The zero-order valence-electron chi connectivity index (χ0n) is 7.14. The van der Waals surface area contributed by atoms with Crippen molar-refractivity contribution in [3.05, 3.63) is 0 Å². The first-order valence-corrected chi connectivity index (χ1v) is 4.00. The molecule has 0 rings (SSSR count). The van der Waals surface area contributed by atoms with E-state index >= 15 is 0 Å². The molecule has 0 radical (unpaired) electrons. The molecule has 0 N–H and O–H groups in total. The molecule has 0 saturated heterocycles. The minimum absolute atomic E-state index is 0.653. The Hall–Kier alpha value is -0.620. The van der Waals surface area contributed by atoms with Gasteiger partial charge in [-0.25, -0.2) is 28.1 Å². The van der Waals surface area contributed by atoms with Crippen molar-refractivity contribution >= 4 is 35.1 Å². The summed E-state index contributed by atoms with van der Waals surface area (Å²) in [5.74, 6) is -3.37. The van der Waals surface area contributed by atoms with Crippen molar-refractivity contribution in [3.63, 3.8) is 0 Å². The Balaban J connectivity index is 4.10. The zero-order valence-corrected chi connectivity index (χ0v) is 8.66. The Labute approximate surface area is 88.0 Å². The van der Waals surface area contributed by atoms with Crippen molar-refractivity contribution in [2.45, 2.75) is 24.1 Å². The summed E-state index contributed by atoms with van der Waals surface area (Å²) >= 11 is 9.64. The Morgan fingerprint density at radius 1 is 1.00 bits per heavy atom. The van der Waals surface area contributed by atoms with Gasteiger partial charge in [0.1, 0.15) is 0 Å². The summed E-state index contributed by atoms with van der Waals surface area (Å²) in [5.41, 5.74) is 0. The van der Waals surface area contributed by atoms with E-state index in [9.17, 15) is 18.4 Å². The third-order valence-electron chi connectivity index (χ3n) is 0.910. The van der Waals surface area contributed by atoms with E-state index in [4.69, 9.17) is 23.2 Å². The average molecular weight is 251 g/mol. The SMILES string of the molecule is CC(F)(Cl)C(=O)OOC(=O)C(C)(F)Cl. The van der Waals surface area contributed by atoms with E-state index in [0.717, 1.165) is 0 Å². The van der Waals surface area contributed by atoms with Gasteiger partial charge in [-0.05, 0) is 13.8 Å². The molecule has 0 aromatic heterocycles. The summed E-state index contributed by atoms with van der Waals surface area (Å²) in [7, 11) is 0. The van der Waals surface area contributed by atoms with Crippen LogP contribution in [-0.4, -0.2) is 22.2 Å². The quantitative estimate of drug-likeness (QED) is 0.427. The highest BCUT2D eigenvalue weighted by Crippen LogP contribution is 2.20. The number of alkyl halides is 4. The molecule has 0 aromatic rings. The maximum Gasteiger partial charge on any atom is 0.407 e. The van der Waals surface area contributed by atoms with E-state index in [1.165, 1.54) is 0 Å². The number of halogens is 4. The summed E-state index contributed by atoms with van der Waals surface area (Å²) in [6.07, 6.45) is 0. The maximum absolute atomic E-state index is 12.5. The average Bonchev–Trinajstić information content (AvgIpc) is 1.95. The summed E-state index contributed by atoms with van der Waals surface area (Å²) in [6.45, 7) is 1.31. The molecule has 0 aromatic carbocycles. The van der Waals surface area contributed by atoms with Crippen LogP contribution in [0.2, 0.25) is 0 Å². The fraction of sp³-hybridized carbons (Fsp3) is 0.667. The predicted octanol–water partition coefficient (Wildman–Crippen LogP) is 1.84. The van der Waals surface area contributed by atoms with Crippen molar-refractivity contribution in [1.29, 1.82) is 0 Å². The van der Waals surface area contributed by atoms with Gasteiger partial charge in [0.05, 0.1) is 0 Å². The molecule has 2 unspecified atom stereocenters. The monoisotopic (exact) mass is 250 g/mol. The molecule has 0 fully saturated rings. The van der Waals surface area contributed by atoms with E-state index in [0.29, 0.717) is 13.8 Å². The van der Waals surface area contributed by atoms with Crippen LogP contribution >= 0.6 is 23.2 Å². The Bertz CT molecular complexity index is 217. The van der Waals surface area contributed by atoms with Gasteiger partial charge in [0.25, 0.3) is 10.3 Å². The first-order valence-electron chi connectivity index (χ1n) is 3.24. The molecule has 0 spiro atoms. The van der Waals surface area contributed by atoms with Crippen LogP contribution in [0.4, 0.5) is 8.78 Å². The third kappa shape index (κ3) is 4.57. The lowest BCUT2D eigenvalue weighted by Gasteiger charge is -2.11. The fourth-order valence-electron chi connectivity index (χ4n) is 0.222. The van der Waals surface area contributed by atoms with Crippen LogP contribution in [-0.2, 0) is 19.4 Å². The van der Waals surface area contributed by atoms with Crippen LogP contribution in [0.25, 0.3) is 0 Å². The predicted molar refractivity (Wildman–Crippen MR) is 42.9 cm³/mol. The summed E-state index contributed by atoms with van der Waals surface area (Å²) < 4.78 is 25.0. The van der Waals surface area contributed by atoms with Crippen molar-refractivity contribution in [3.8, 4) is 0 Å². The van der Waals surface area contributed by atoms with E-state index in [1.807, 2.05) is 0 Å². The standard InChI is InChI=1S/C6H6Cl2F2O4/c1-5(7,9)3(11)13-14-4(12)6(2,8)10/h1-2H3. The van der Waals surface area contributed by atoms with Gasteiger partial charge in [0.15, 0.2) is 0 Å². The molecule has 0 aliphatic rings. The summed E-state index contributed by atoms with van der Waals surface area (Å²) in [5, 5.41) is -5.72. The first kappa shape index (κ1) is 13.4. The Kier molecular flexibility index (Phi) is 4.08. The highest BCUT2D eigenvalue weighted by molar-refractivity contribution is 6.33. The van der Waals surface area contributed by atoms with E-state index in [-0.39, 0.29) is 0 Å². The summed E-state index contributed by atoms with van der Waals surface area (Å²) in [4.78, 5) is 28.2. The second kappa shape index (κ2) is 4.27. The number of carbonyl (C=O) groups is 2. The normalized spacial score (nSPS) is 19.0. The second-order valence-electron chi connectivity index (χ2n) is 2.52. The highest BCUT2D eigenvalue weighted by atomic mass is 35.5. The molecule has 14 heavy (non-hydrogen) atoms. The maximum atomic E-state index is 12.5. The number of hydrogen-bond acceptors (Lipinski definition) is 4. The molecule has 82 valence electrons. The highest BCUT2D eigenvalue weighted by Gasteiger charge is 2.38. The summed E-state index contributed by atoms with van der Waals surface area (Å²) in [6, 6.07) is 0. The molecule has 0 aliphatic carbocycles. The minimum Gasteiger partial charge on any atom is -0.242 e. The lowest BCUT2D eigenvalue weighted by molar-refractivity contribution is -0.267. The van der Waals surface area contributed by atoms with Gasteiger partial charge in [0.2, 0.25) is 0 Å². The molecule has 2 atom stereocenters. The van der Waals surface area contributed by atoms with Gasteiger partial charge < -0.3 is 0 Å². The van der Waals surface area contributed by atoms with Crippen LogP contribution in [0, 0.1) is 0 Å². The van der Waals surface area contributed by atoms with E-state index in [2.05, 4.69) is 9.78 Å². The van der Waals surface area contributed by atoms with Crippen LogP contribution in [0.3, 0.4) is 0 Å². The first-order chi connectivity index (χ1) is 6.05. The lowest BCUT2D eigenvalue weighted by atomic mass is 10.4. The van der Waals surface area contributed by atoms with Crippen LogP contribution < -0.4 is 0 Å². The molecule has 4 nitrogen and oxygen atoms in total. The zero-order chi connectivity index (χ0) is 11.6. The van der Waals surface area contributed by atoms with Gasteiger partial charge in [-0.1, -0.05) is 23.2 Å². The van der Waals surface area contributed by atoms with E-state index < -0.39 is 22.2 Å². The van der Waals surface area contributed by atoms with Gasteiger partial charge in [-0.3, -0.25) is 0 Å². The van der Waals surface area contributed by atoms with Crippen LogP contribution in [0.1, 0.15) is 13.8 Å². The molecular weight excluding hydrogens is 245 g/mol. The number of carbonyl (C=O) groups excluding carboxylic acids is 2. The molecule has 0 heterocycles. The molecule has 0 aliphatic heterocycles. The molecule has 0 saturated carbocycles.